The van der Waals surface area contributed by atoms with Crippen LogP contribution in [0.5, 0.6) is 0 Å². The summed E-state index contributed by atoms with van der Waals surface area (Å²) in [6.07, 6.45) is 0. The number of hydrogen-bond donors (Lipinski definition) is 0. The van der Waals surface area contributed by atoms with Crippen LogP contribution < -0.4 is 4.90 Å². The molecule has 0 amide bonds. The third-order valence-electron chi connectivity index (χ3n) is 13.8. The van der Waals surface area contributed by atoms with Crippen molar-refractivity contribution >= 4 is 71.6 Å². The second-order valence-corrected chi connectivity index (χ2v) is 17.7. The van der Waals surface area contributed by atoms with Gasteiger partial charge in [0.25, 0.3) is 0 Å². The number of rotatable bonds is 6. The first-order valence-electron chi connectivity index (χ1n) is 22.2. The summed E-state index contributed by atoms with van der Waals surface area (Å²) >= 11 is 0. The van der Waals surface area contributed by atoms with Crippen molar-refractivity contribution in [2.24, 2.45) is 0 Å². The molecule has 12 aromatic rings. The number of hydrogen-bond acceptors (Lipinski definition) is 2. The third-order valence-corrected chi connectivity index (χ3v) is 13.8. The summed E-state index contributed by atoms with van der Waals surface area (Å²) in [5.41, 5.74) is 18.6. The zero-order valence-electron chi connectivity index (χ0n) is 35.6. The number of para-hydroxylation sites is 4. The average molecular weight is 819 g/mol. The van der Waals surface area contributed by atoms with Crippen LogP contribution in [0.3, 0.4) is 0 Å². The van der Waals surface area contributed by atoms with E-state index in [1.54, 1.807) is 0 Å². The summed E-state index contributed by atoms with van der Waals surface area (Å²) in [5.74, 6) is 0. The molecule has 0 aliphatic heterocycles. The molecule has 302 valence electrons. The van der Waals surface area contributed by atoms with Crippen LogP contribution in [0.2, 0.25) is 0 Å². The van der Waals surface area contributed by atoms with E-state index in [9.17, 15) is 0 Å². The Kier molecular flexibility index (Phi) is 7.95. The van der Waals surface area contributed by atoms with Gasteiger partial charge >= 0.3 is 0 Å². The molecule has 0 saturated heterocycles. The summed E-state index contributed by atoms with van der Waals surface area (Å²) < 4.78 is 8.89. The topological polar surface area (TPSA) is 21.3 Å². The maximum Gasteiger partial charge on any atom is 0.159 e. The highest BCUT2D eigenvalue weighted by molar-refractivity contribution is 6.13. The van der Waals surface area contributed by atoms with Crippen LogP contribution >= 0.6 is 0 Å². The highest BCUT2D eigenvalue weighted by atomic mass is 16.3. The van der Waals surface area contributed by atoms with Crippen molar-refractivity contribution in [3.8, 4) is 39.1 Å². The Labute approximate surface area is 371 Å². The van der Waals surface area contributed by atoms with Crippen LogP contribution in [-0.4, -0.2) is 4.57 Å². The van der Waals surface area contributed by atoms with Gasteiger partial charge < -0.3 is 13.9 Å². The molecule has 0 radical (unpaired) electrons. The van der Waals surface area contributed by atoms with Gasteiger partial charge in [-0.3, -0.25) is 0 Å². The summed E-state index contributed by atoms with van der Waals surface area (Å²) in [5, 5.41) is 7.17. The predicted molar refractivity (Wildman–Crippen MR) is 269 cm³/mol. The van der Waals surface area contributed by atoms with Crippen molar-refractivity contribution in [2.75, 3.05) is 4.90 Å². The molecule has 1 aliphatic carbocycles. The van der Waals surface area contributed by atoms with Gasteiger partial charge in [-0.25, -0.2) is 0 Å². The molecule has 0 fully saturated rings. The first-order chi connectivity index (χ1) is 31.5. The summed E-state index contributed by atoms with van der Waals surface area (Å²) in [7, 11) is 0. The van der Waals surface area contributed by atoms with Gasteiger partial charge in [-0.05, 0) is 117 Å². The monoisotopic (exact) mass is 818 g/mol. The van der Waals surface area contributed by atoms with E-state index in [0.717, 1.165) is 50.0 Å². The normalized spacial score (nSPS) is 13.0. The fourth-order valence-electron chi connectivity index (χ4n) is 10.6. The fourth-order valence-corrected chi connectivity index (χ4v) is 10.6. The number of anilines is 3. The van der Waals surface area contributed by atoms with Crippen molar-refractivity contribution in [1.82, 2.24) is 4.57 Å². The summed E-state index contributed by atoms with van der Waals surface area (Å²) in [6, 6.07) is 79.6. The van der Waals surface area contributed by atoms with E-state index in [1.807, 2.05) is 6.07 Å². The Hall–Kier alpha value is -8.14. The van der Waals surface area contributed by atoms with Gasteiger partial charge in [-0.1, -0.05) is 166 Å². The minimum absolute atomic E-state index is 0.192. The van der Waals surface area contributed by atoms with Crippen LogP contribution in [0, 0.1) is 0 Å². The van der Waals surface area contributed by atoms with E-state index in [2.05, 4.69) is 236 Å². The lowest BCUT2D eigenvalue weighted by atomic mass is 9.81. The van der Waals surface area contributed by atoms with Crippen molar-refractivity contribution in [3.05, 3.63) is 230 Å². The van der Waals surface area contributed by atoms with Gasteiger partial charge in [-0.15, -0.1) is 0 Å². The van der Waals surface area contributed by atoms with Crippen molar-refractivity contribution in [3.63, 3.8) is 0 Å². The first-order valence-corrected chi connectivity index (χ1v) is 22.2. The largest absolute Gasteiger partial charge is 0.454 e. The highest BCUT2D eigenvalue weighted by Gasteiger charge is 2.36. The molecule has 64 heavy (non-hydrogen) atoms. The number of furan rings is 1. The highest BCUT2D eigenvalue weighted by Crippen LogP contribution is 2.52. The molecular weight excluding hydrogens is 777 g/mol. The van der Waals surface area contributed by atoms with Crippen LogP contribution in [0.15, 0.2) is 223 Å². The molecule has 0 atom stereocenters. The molecular formula is C61H42N2O. The van der Waals surface area contributed by atoms with E-state index >= 15 is 0 Å². The molecule has 0 spiro atoms. The van der Waals surface area contributed by atoms with Crippen molar-refractivity contribution < 1.29 is 4.42 Å². The lowest BCUT2D eigenvalue weighted by molar-refractivity contribution is 0.660. The van der Waals surface area contributed by atoms with Gasteiger partial charge in [-0.2, -0.15) is 0 Å². The van der Waals surface area contributed by atoms with Gasteiger partial charge in [0.2, 0.25) is 0 Å². The van der Waals surface area contributed by atoms with Crippen LogP contribution in [0.4, 0.5) is 17.1 Å². The minimum atomic E-state index is -0.192. The molecule has 13 rings (SSSR count). The molecule has 10 aromatic carbocycles. The van der Waals surface area contributed by atoms with Gasteiger partial charge in [0.1, 0.15) is 5.58 Å². The first kappa shape index (κ1) is 36.5. The zero-order chi connectivity index (χ0) is 42.5. The average Bonchev–Trinajstić information content (AvgIpc) is 3.97. The van der Waals surface area contributed by atoms with Crippen LogP contribution in [0.1, 0.15) is 25.0 Å². The number of nitrogens with zero attached hydrogens (tertiary/aromatic N) is 2. The van der Waals surface area contributed by atoms with Crippen molar-refractivity contribution in [2.45, 2.75) is 19.3 Å². The van der Waals surface area contributed by atoms with Crippen LogP contribution in [0.25, 0.3) is 93.6 Å². The molecule has 0 N–H and O–H groups in total. The Morgan fingerprint density at radius 2 is 1.00 bits per heavy atom. The molecule has 0 saturated carbocycles. The Balaban J connectivity index is 0.846. The third kappa shape index (κ3) is 5.47. The number of benzene rings is 10. The second-order valence-electron chi connectivity index (χ2n) is 17.7. The van der Waals surface area contributed by atoms with E-state index < -0.39 is 0 Å². The lowest BCUT2D eigenvalue weighted by Crippen LogP contribution is -2.16. The maximum atomic E-state index is 6.53. The van der Waals surface area contributed by atoms with Gasteiger partial charge in [0.15, 0.2) is 5.58 Å². The fraction of sp³-hybridized carbons (Fsp3) is 0.0492. The Bertz CT molecular complexity index is 3810. The smallest absolute Gasteiger partial charge is 0.159 e. The van der Waals surface area contributed by atoms with Gasteiger partial charge in [0, 0.05) is 43.7 Å². The zero-order valence-corrected chi connectivity index (χ0v) is 35.6. The van der Waals surface area contributed by atoms with E-state index in [-0.39, 0.29) is 5.41 Å². The van der Waals surface area contributed by atoms with Crippen molar-refractivity contribution in [1.29, 1.82) is 0 Å². The number of fused-ring (bicyclic) bond motifs is 10. The standard InChI is InChI=1S/C61H42N2O/c1-61(2)53-37-43(30-33-47(53)48-34-32-45(38-54(48)61)62(44-16-4-3-5-17-44)55-23-12-15-41-14-6-7-18-46(41)55)40-28-26-39(27-29-40)42-31-35-57-52(36-42)49-19-8-10-22-56(49)63(57)58-24-13-21-51-50-20-9-11-25-59(50)64-60(51)58/h3-38H,1-2H3. The SMILES string of the molecule is CC1(C)c2cc(-c3ccc(-c4ccc5c(c4)c4ccccc4n5-c4cccc5c4oc4ccccc45)cc3)ccc2-c2ccc(N(c3ccccc3)c3cccc4ccccc34)cc21. The quantitative estimate of drug-likeness (QED) is 0.167. The summed E-state index contributed by atoms with van der Waals surface area (Å²) in [4.78, 5) is 2.41. The summed E-state index contributed by atoms with van der Waals surface area (Å²) in [6.45, 7) is 4.76. The molecule has 0 unspecified atom stereocenters. The van der Waals surface area contributed by atoms with E-state index in [0.29, 0.717) is 0 Å². The molecule has 2 heterocycles. The minimum Gasteiger partial charge on any atom is -0.454 e. The van der Waals surface area contributed by atoms with Crippen LogP contribution in [-0.2, 0) is 5.41 Å². The lowest BCUT2D eigenvalue weighted by Gasteiger charge is -2.29. The molecule has 2 aromatic heterocycles. The van der Waals surface area contributed by atoms with E-state index in [4.69, 9.17) is 4.42 Å². The predicted octanol–water partition coefficient (Wildman–Crippen LogP) is 16.9. The Morgan fingerprint density at radius 3 is 1.83 bits per heavy atom. The molecule has 1 aliphatic rings. The molecule has 0 bridgehead atoms. The maximum absolute atomic E-state index is 6.53. The van der Waals surface area contributed by atoms with E-state index in [1.165, 1.54) is 71.7 Å². The molecule has 3 heteroatoms. The Morgan fingerprint density at radius 1 is 0.406 bits per heavy atom. The molecule has 3 nitrogen and oxygen atoms in total. The van der Waals surface area contributed by atoms with Gasteiger partial charge in [0.05, 0.1) is 22.4 Å². The number of aromatic nitrogens is 1. The second kappa shape index (κ2) is 13.9.